The Bertz CT molecular complexity index is 1350. The third-order valence-electron chi connectivity index (χ3n) is 6.40. The van der Waals surface area contributed by atoms with Gasteiger partial charge in [0, 0.05) is 24.3 Å². The first kappa shape index (κ1) is 23.9. The highest BCUT2D eigenvalue weighted by atomic mass is 19.4. The maximum atomic E-state index is 13.5. The summed E-state index contributed by atoms with van der Waals surface area (Å²) in [5, 5.41) is 13.0. The van der Waals surface area contributed by atoms with Gasteiger partial charge in [0.15, 0.2) is 5.60 Å². The number of pyridine rings is 2. The van der Waals surface area contributed by atoms with Gasteiger partial charge in [-0.1, -0.05) is 26.8 Å². The maximum absolute atomic E-state index is 13.5. The standard InChI is InChI=1S/C26H27F3N4O/c1-5-18-19(6-2)21(7-3)32-22-9-8-16(12-20(18)22)25(34,24-14-30-15-33(24)4)17-10-11-31-23(13-17)26(27,28)29/h8-15,34H,5-7H2,1-4H3. The summed E-state index contributed by atoms with van der Waals surface area (Å²) < 4.78 is 42.0. The molecule has 1 N–H and O–H groups in total. The third kappa shape index (κ3) is 3.86. The molecule has 0 aliphatic heterocycles. The lowest BCUT2D eigenvalue weighted by molar-refractivity contribution is -0.141. The molecule has 3 heterocycles. The Kier molecular flexibility index (Phi) is 6.20. The Morgan fingerprint density at radius 2 is 1.65 bits per heavy atom. The Morgan fingerprint density at radius 3 is 2.24 bits per heavy atom. The van der Waals surface area contributed by atoms with E-state index in [9.17, 15) is 18.3 Å². The molecular formula is C26H27F3N4O. The van der Waals surface area contributed by atoms with E-state index < -0.39 is 17.5 Å². The van der Waals surface area contributed by atoms with Gasteiger partial charge in [-0.2, -0.15) is 13.2 Å². The van der Waals surface area contributed by atoms with Gasteiger partial charge in [0.05, 0.1) is 23.7 Å². The number of aromatic nitrogens is 4. The molecule has 0 bridgehead atoms. The van der Waals surface area contributed by atoms with Crippen LogP contribution in [-0.4, -0.2) is 24.6 Å². The monoisotopic (exact) mass is 468 g/mol. The lowest BCUT2D eigenvalue weighted by atomic mass is 9.82. The molecule has 1 aromatic carbocycles. The Morgan fingerprint density at radius 1 is 0.941 bits per heavy atom. The molecule has 0 radical (unpaired) electrons. The van der Waals surface area contributed by atoms with Crippen LogP contribution in [0.5, 0.6) is 0 Å². The van der Waals surface area contributed by atoms with Crippen molar-refractivity contribution < 1.29 is 18.3 Å². The van der Waals surface area contributed by atoms with Gasteiger partial charge in [-0.05, 0) is 65.8 Å². The number of nitrogens with zero attached hydrogens (tertiary/aromatic N) is 4. The smallest absolute Gasteiger partial charge is 0.374 e. The second-order valence-corrected chi connectivity index (χ2v) is 8.34. The predicted molar refractivity (Wildman–Crippen MR) is 124 cm³/mol. The van der Waals surface area contributed by atoms with Crippen molar-refractivity contribution >= 4 is 10.9 Å². The Labute approximate surface area is 196 Å². The molecule has 1 atom stereocenters. The number of aryl methyl sites for hydroxylation is 3. The molecule has 34 heavy (non-hydrogen) atoms. The summed E-state index contributed by atoms with van der Waals surface area (Å²) in [6.07, 6.45) is 1.82. The van der Waals surface area contributed by atoms with Crippen molar-refractivity contribution in [2.24, 2.45) is 7.05 Å². The molecule has 0 aliphatic rings. The molecule has 4 rings (SSSR count). The molecule has 3 aromatic heterocycles. The highest BCUT2D eigenvalue weighted by Crippen LogP contribution is 2.40. The Balaban J connectivity index is 2.04. The van der Waals surface area contributed by atoms with Crippen LogP contribution in [0.1, 0.15) is 60.1 Å². The van der Waals surface area contributed by atoms with E-state index in [2.05, 4.69) is 30.7 Å². The normalized spacial score (nSPS) is 13.9. The molecule has 0 aliphatic carbocycles. The average Bonchev–Trinajstić information content (AvgIpc) is 3.27. The second-order valence-electron chi connectivity index (χ2n) is 8.34. The average molecular weight is 469 g/mol. The molecule has 5 nitrogen and oxygen atoms in total. The molecule has 0 saturated carbocycles. The molecule has 8 heteroatoms. The van der Waals surface area contributed by atoms with Crippen molar-refractivity contribution in [2.45, 2.75) is 51.8 Å². The maximum Gasteiger partial charge on any atom is 0.433 e. The number of hydrogen-bond acceptors (Lipinski definition) is 4. The molecule has 0 saturated heterocycles. The first-order chi connectivity index (χ1) is 16.1. The van der Waals surface area contributed by atoms with Crippen molar-refractivity contribution in [1.29, 1.82) is 0 Å². The molecule has 4 aromatic rings. The topological polar surface area (TPSA) is 63.8 Å². The van der Waals surface area contributed by atoms with Crippen molar-refractivity contribution in [3.05, 3.63) is 88.4 Å². The van der Waals surface area contributed by atoms with Gasteiger partial charge in [0.2, 0.25) is 0 Å². The lowest BCUT2D eigenvalue weighted by Crippen LogP contribution is -2.32. The fraction of sp³-hybridized carbons (Fsp3) is 0.346. The highest BCUT2D eigenvalue weighted by molar-refractivity contribution is 5.85. The van der Waals surface area contributed by atoms with E-state index >= 15 is 0 Å². The van der Waals surface area contributed by atoms with Crippen molar-refractivity contribution in [2.75, 3.05) is 0 Å². The van der Waals surface area contributed by atoms with E-state index in [-0.39, 0.29) is 5.56 Å². The molecule has 0 amide bonds. The molecule has 178 valence electrons. The van der Waals surface area contributed by atoms with Gasteiger partial charge < -0.3 is 9.67 Å². The number of alkyl halides is 3. The fourth-order valence-electron chi connectivity index (χ4n) is 4.74. The first-order valence-corrected chi connectivity index (χ1v) is 11.3. The van der Waals surface area contributed by atoms with Crippen LogP contribution in [-0.2, 0) is 38.1 Å². The predicted octanol–water partition coefficient (Wildman–Crippen LogP) is 5.35. The number of hydrogen-bond donors (Lipinski definition) is 1. The lowest BCUT2D eigenvalue weighted by Gasteiger charge is -2.30. The minimum Gasteiger partial charge on any atom is -0.374 e. The zero-order valence-electron chi connectivity index (χ0n) is 19.6. The van der Waals surface area contributed by atoms with Crippen LogP contribution in [0.2, 0.25) is 0 Å². The van der Waals surface area contributed by atoms with Crippen LogP contribution in [0.3, 0.4) is 0 Å². The van der Waals surface area contributed by atoms with Crippen LogP contribution in [0.25, 0.3) is 10.9 Å². The van der Waals surface area contributed by atoms with Gasteiger partial charge >= 0.3 is 6.18 Å². The minimum atomic E-state index is -4.64. The van der Waals surface area contributed by atoms with Crippen LogP contribution < -0.4 is 0 Å². The minimum absolute atomic E-state index is 0.0599. The van der Waals surface area contributed by atoms with Gasteiger partial charge in [-0.25, -0.2) is 4.98 Å². The quantitative estimate of drug-likeness (QED) is 0.414. The van der Waals surface area contributed by atoms with Gasteiger partial charge in [-0.3, -0.25) is 9.97 Å². The summed E-state index contributed by atoms with van der Waals surface area (Å²) in [6, 6.07) is 7.70. The van der Waals surface area contributed by atoms with Gasteiger partial charge in [0.1, 0.15) is 5.69 Å². The van der Waals surface area contributed by atoms with E-state index in [0.29, 0.717) is 11.3 Å². The molecular weight excluding hydrogens is 441 g/mol. The zero-order valence-corrected chi connectivity index (χ0v) is 19.6. The molecule has 0 fully saturated rings. The Hall–Kier alpha value is -3.26. The second kappa shape index (κ2) is 8.83. The van der Waals surface area contributed by atoms with Gasteiger partial charge in [0.25, 0.3) is 0 Å². The number of benzene rings is 1. The fourth-order valence-corrected chi connectivity index (χ4v) is 4.74. The van der Waals surface area contributed by atoms with E-state index in [4.69, 9.17) is 4.98 Å². The van der Waals surface area contributed by atoms with Crippen LogP contribution in [0.4, 0.5) is 13.2 Å². The summed E-state index contributed by atoms with van der Waals surface area (Å²) in [7, 11) is 1.70. The first-order valence-electron chi connectivity index (χ1n) is 11.3. The van der Waals surface area contributed by atoms with Crippen LogP contribution >= 0.6 is 0 Å². The summed E-state index contributed by atoms with van der Waals surface area (Å²) in [5.41, 5.74) is 2.06. The summed E-state index contributed by atoms with van der Waals surface area (Å²) in [4.78, 5) is 12.4. The largest absolute Gasteiger partial charge is 0.433 e. The molecule has 0 spiro atoms. The number of imidazole rings is 1. The van der Waals surface area contributed by atoms with Crippen molar-refractivity contribution in [3.8, 4) is 0 Å². The SMILES string of the molecule is CCc1nc2ccc(C(O)(c3ccnc(C(F)(F)F)c3)c3cncn3C)cc2c(CC)c1CC. The van der Waals surface area contributed by atoms with E-state index in [0.717, 1.165) is 53.7 Å². The number of fused-ring (bicyclic) bond motifs is 1. The zero-order chi connectivity index (χ0) is 24.7. The summed E-state index contributed by atoms with van der Waals surface area (Å²) >= 11 is 0. The van der Waals surface area contributed by atoms with Gasteiger partial charge in [-0.15, -0.1) is 0 Å². The summed E-state index contributed by atoms with van der Waals surface area (Å²) in [6.45, 7) is 6.24. The number of aliphatic hydroxyl groups is 1. The van der Waals surface area contributed by atoms with E-state index in [1.54, 1.807) is 17.7 Å². The van der Waals surface area contributed by atoms with Crippen molar-refractivity contribution in [3.63, 3.8) is 0 Å². The number of rotatable bonds is 6. The van der Waals surface area contributed by atoms with E-state index in [1.165, 1.54) is 24.2 Å². The summed E-state index contributed by atoms with van der Waals surface area (Å²) in [5.74, 6) is 0. The number of halogens is 3. The van der Waals surface area contributed by atoms with Crippen LogP contribution in [0.15, 0.2) is 49.1 Å². The molecule has 1 unspecified atom stereocenters. The van der Waals surface area contributed by atoms with Crippen LogP contribution in [0, 0.1) is 0 Å². The van der Waals surface area contributed by atoms with E-state index in [1.807, 2.05) is 12.1 Å². The van der Waals surface area contributed by atoms with Crippen molar-refractivity contribution in [1.82, 2.24) is 19.5 Å². The highest BCUT2D eigenvalue weighted by Gasteiger charge is 2.40. The third-order valence-corrected chi connectivity index (χ3v) is 6.40.